The monoisotopic (exact) mass is 608 g/mol. The van der Waals surface area contributed by atoms with Crippen molar-refractivity contribution in [3.05, 3.63) is 175 Å². The van der Waals surface area contributed by atoms with Gasteiger partial charge >= 0.3 is 0 Å². The van der Waals surface area contributed by atoms with Crippen LogP contribution in [0, 0.1) is 11.3 Å². The molecule has 0 radical (unpaired) electrons. The zero-order valence-corrected chi connectivity index (χ0v) is 26.1. The van der Waals surface area contributed by atoms with Gasteiger partial charge in [-0.25, -0.2) is 4.98 Å². The van der Waals surface area contributed by atoms with E-state index in [4.69, 9.17) is 4.98 Å². The number of nitrogens with zero attached hydrogens (tertiary/aromatic N) is 2. The average Bonchev–Trinajstić information content (AvgIpc) is 3.17. The molecule has 0 N–H and O–H groups in total. The fourth-order valence-corrected chi connectivity index (χ4v) is 6.96. The maximum atomic E-state index is 9.25. The van der Waals surface area contributed by atoms with Gasteiger partial charge < -0.3 is 0 Å². The SMILES string of the molecule is N#Cc1ccc(-c2ccc(-c3cc(-c4ccc5ccccc5c4)nc4c3cc(-c3ccc5ccccc5c3)c3ccccc34)cc2)cc1. The minimum absolute atomic E-state index is 0.661. The van der Waals surface area contributed by atoms with Gasteiger partial charge in [0.05, 0.1) is 22.8 Å². The number of hydrogen-bond acceptors (Lipinski definition) is 2. The van der Waals surface area contributed by atoms with Crippen LogP contribution in [0.2, 0.25) is 0 Å². The number of benzene rings is 8. The summed E-state index contributed by atoms with van der Waals surface area (Å²) >= 11 is 0. The van der Waals surface area contributed by atoms with Gasteiger partial charge in [-0.2, -0.15) is 5.26 Å². The van der Waals surface area contributed by atoms with Gasteiger partial charge in [-0.1, -0.05) is 133 Å². The summed E-state index contributed by atoms with van der Waals surface area (Å²) in [5, 5.41) is 17.6. The molecule has 0 saturated heterocycles. The molecule has 2 nitrogen and oxygen atoms in total. The van der Waals surface area contributed by atoms with Crippen molar-refractivity contribution in [2.45, 2.75) is 0 Å². The average molecular weight is 609 g/mol. The van der Waals surface area contributed by atoms with E-state index in [0.717, 1.165) is 49.8 Å². The molecule has 222 valence electrons. The van der Waals surface area contributed by atoms with Gasteiger partial charge in [0, 0.05) is 16.3 Å². The number of nitriles is 1. The number of rotatable bonds is 4. The molecule has 0 spiro atoms. The van der Waals surface area contributed by atoms with E-state index in [0.29, 0.717) is 5.56 Å². The molecule has 9 aromatic rings. The van der Waals surface area contributed by atoms with E-state index in [1.807, 2.05) is 24.3 Å². The second-order valence-electron chi connectivity index (χ2n) is 12.3. The molecule has 48 heavy (non-hydrogen) atoms. The van der Waals surface area contributed by atoms with Crippen LogP contribution in [-0.4, -0.2) is 4.98 Å². The number of aromatic nitrogens is 1. The van der Waals surface area contributed by atoms with Crippen LogP contribution >= 0.6 is 0 Å². The smallest absolute Gasteiger partial charge is 0.0991 e. The van der Waals surface area contributed by atoms with Crippen LogP contribution in [0.3, 0.4) is 0 Å². The standard InChI is InChI=1S/C46H28N2/c47-29-30-13-15-33(16-14-30)34-17-21-35(22-18-34)43-28-45(39-24-20-32-8-2-4-10-37(32)26-39)48-46-41-12-6-5-11-40(41)42(27-44(43)46)38-23-19-31-7-1-3-9-36(31)25-38/h1-28H. The molecule has 0 aliphatic heterocycles. The number of fused-ring (bicyclic) bond motifs is 5. The topological polar surface area (TPSA) is 36.7 Å². The lowest BCUT2D eigenvalue weighted by molar-refractivity contribution is 1.41. The van der Waals surface area contributed by atoms with E-state index in [9.17, 15) is 5.26 Å². The Balaban J connectivity index is 1.30. The van der Waals surface area contributed by atoms with Gasteiger partial charge in [0.1, 0.15) is 0 Å². The number of pyridine rings is 1. The summed E-state index contributed by atoms with van der Waals surface area (Å²) < 4.78 is 0. The summed E-state index contributed by atoms with van der Waals surface area (Å²) in [6, 6.07) is 62.3. The Morgan fingerprint density at radius 3 is 1.54 bits per heavy atom. The van der Waals surface area contributed by atoms with Crippen molar-refractivity contribution in [1.82, 2.24) is 4.98 Å². The minimum atomic E-state index is 0.661. The fraction of sp³-hybridized carbons (Fsp3) is 0. The van der Waals surface area contributed by atoms with Crippen LogP contribution < -0.4 is 0 Å². The van der Waals surface area contributed by atoms with Crippen molar-refractivity contribution in [2.75, 3.05) is 0 Å². The lowest BCUT2D eigenvalue weighted by atomic mass is 9.90. The summed E-state index contributed by atoms with van der Waals surface area (Å²) in [6.45, 7) is 0. The van der Waals surface area contributed by atoms with Crippen LogP contribution in [0.1, 0.15) is 5.56 Å². The molecule has 0 aliphatic carbocycles. The van der Waals surface area contributed by atoms with Gasteiger partial charge in [-0.05, 0) is 96.7 Å². The first-order valence-corrected chi connectivity index (χ1v) is 16.2. The summed E-state index contributed by atoms with van der Waals surface area (Å²) in [6.07, 6.45) is 0. The highest BCUT2D eigenvalue weighted by Crippen LogP contribution is 2.41. The molecule has 0 bridgehead atoms. The molecule has 0 aliphatic rings. The van der Waals surface area contributed by atoms with Crippen molar-refractivity contribution in [3.63, 3.8) is 0 Å². The van der Waals surface area contributed by atoms with Crippen LogP contribution in [0.4, 0.5) is 0 Å². The largest absolute Gasteiger partial charge is 0.247 e. The summed E-state index contributed by atoms with van der Waals surface area (Å²) in [4.78, 5) is 5.41. The normalized spacial score (nSPS) is 11.3. The highest BCUT2D eigenvalue weighted by atomic mass is 14.7. The maximum absolute atomic E-state index is 9.25. The van der Waals surface area contributed by atoms with E-state index in [-0.39, 0.29) is 0 Å². The molecule has 0 amide bonds. The number of hydrogen-bond donors (Lipinski definition) is 0. The Morgan fingerprint density at radius 1 is 0.375 bits per heavy atom. The van der Waals surface area contributed by atoms with Gasteiger partial charge in [0.25, 0.3) is 0 Å². The summed E-state index contributed by atoms with van der Waals surface area (Å²) in [5.41, 5.74) is 10.5. The Hall–Kier alpha value is -6.56. The van der Waals surface area contributed by atoms with Gasteiger partial charge in [-0.3, -0.25) is 0 Å². The molecule has 9 rings (SSSR count). The summed E-state index contributed by atoms with van der Waals surface area (Å²) in [7, 11) is 0. The maximum Gasteiger partial charge on any atom is 0.0991 e. The van der Waals surface area contributed by atoms with E-state index in [2.05, 4.69) is 152 Å². The van der Waals surface area contributed by atoms with E-state index in [1.54, 1.807) is 0 Å². The highest BCUT2D eigenvalue weighted by Gasteiger charge is 2.16. The molecule has 0 atom stereocenters. The Morgan fingerprint density at radius 2 is 0.875 bits per heavy atom. The Labute approximate surface area is 278 Å². The van der Waals surface area contributed by atoms with Gasteiger partial charge in [0.15, 0.2) is 0 Å². The Kier molecular flexibility index (Phi) is 6.56. The quantitative estimate of drug-likeness (QED) is 0.186. The second kappa shape index (κ2) is 11.4. The first kappa shape index (κ1) is 27.7. The molecule has 1 heterocycles. The van der Waals surface area contributed by atoms with Crippen molar-refractivity contribution in [1.29, 1.82) is 5.26 Å². The lowest BCUT2D eigenvalue weighted by Crippen LogP contribution is -1.93. The zero-order chi connectivity index (χ0) is 32.0. The van der Waals surface area contributed by atoms with Crippen LogP contribution in [0.5, 0.6) is 0 Å². The first-order chi connectivity index (χ1) is 23.7. The van der Waals surface area contributed by atoms with Crippen LogP contribution in [-0.2, 0) is 0 Å². The summed E-state index contributed by atoms with van der Waals surface area (Å²) in [5.74, 6) is 0. The lowest BCUT2D eigenvalue weighted by Gasteiger charge is -2.16. The third-order valence-electron chi connectivity index (χ3n) is 9.47. The minimum Gasteiger partial charge on any atom is -0.247 e. The van der Waals surface area contributed by atoms with Crippen LogP contribution in [0.25, 0.3) is 87.9 Å². The first-order valence-electron chi connectivity index (χ1n) is 16.2. The zero-order valence-electron chi connectivity index (χ0n) is 26.1. The molecular formula is C46H28N2. The predicted molar refractivity (Wildman–Crippen MR) is 201 cm³/mol. The second-order valence-corrected chi connectivity index (χ2v) is 12.3. The van der Waals surface area contributed by atoms with Crippen molar-refractivity contribution < 1.29 is 0 Å². The molecule has 1 aromatic heterocycles. The van der Waals surface area contributed by atoms with Gasteiger partial charge in [0.2, 0.25) is 0 Å². The van der Waals surface area contributed by atoms with E-state index >= 15 is 0 Å². The molecule has 8 aromatic carbocycles. The van der Waals surface area contributed by atoms with E-state index < -0.39 is 0 Å². The highest BCUT2D eigenvalue weighted by molar-refractivity contribution is 6.16. The molecule has 0 unspecified atom stereocenters. The fourth-order valence-electron chi connectivity index (χ4n) is 6.96. The predicted octanol–water partition coefficient (Wildman–Crippen LogP) is 12.2. The molecule has 0 fully saturated rings. The van der Waals surface area contributed by atoms with Crippen molar-refractivity contribution >= 4 is 43.2 Å². The molecular weight excluding hydrogens is 581 g/mol. The third kappa shape index (κ3) is 4.78. The third-order valence-corrected chi connectivity index (χ3v) is 9.47. The Bertz CT molecular complexity index is 2710. The molecule has 0 saturated carbocycles. The van der Waals surface area contributed by atoms with E-state index in [1.165, 1.54) is 38.1 Å². The van der Waals surface area contributed by atoms with Crippen molar-refractivity contribution in [3.8, 4) is 50.7 Å². The van der Waals surface area contributed by atoms with Crippen molar-refractivity contribution in [2.24, 2.45) is 0 Å². The van der Waals surface area contributed by atoms with Gasteiger partial charge in [-0.15, -0.1) is 0 Å². The molecule has 2 heteroatoms. The van der Waals surface area contributed by atoms with Crippen LogP contribution in [0.15, 0.2) is 170 Å².